The fourth-order valence-electron chi connectivity index (χ4n) is 3.62. The molecule has 1 heterocycles. The molecule has 0 spiro atoms. The van der Waals surface area contributed by atoms with Crippen LogP contribution in [0.2, 0.25) is 0 Å². The van der Waals surface area contributed by atoms with Gasteiger partial charge < -0.3 is 4.74 Å². The molecule has 1 fully saturated rings. The van der Waals surface area contributed by atoms with Crippen LogP contribution in [0.4, 0.5) is 0 Å². The molecule has 0 unspecified atom stereocenters. The molecular weight excluding hydrogens is 272 g/mol. The van der Waals surface area contributed by atoms with Crippen molar-refractivity contribution in [3.63, 3.8) is 0 Å². The zero-order chi connectivity index (χ0) is 14.9. The SMILES string of the molecule is O=C1CC[C@@H]2COc3ccccc3[C@@H]2/C1=C/c1ccccc1. The average molecular weight is 290 g/mol. The minimum absolute atomic E-state index is 0.173. The van der Waals surface area contributed by atoms with Crippen LogP contribution in [-0.4, -0.2) is 12.4 Å². The molecule has 0 amide bonds. The van der Waals surface area contributed by atoms with E-state index in [1.807, 2.05) is 36.4 Å². The minimum atomic E-state index is 0.173. The first-order valence-electron chi connectivity index (χ1n) is 7.84. The molecule has 2 heteroatoms. The first-order chi connectivity index (χ1) is 10.8. The maximum Gasteiger partial charge on any atom is 0.159 e. The van der Waals surface area contributed by atoms with Gasteiger partial charge in [0.25, 0.3) is 0 Å². The lowest BCUT2D eigenvalue weighted by atomic mass is 9.70. The van der Waals surface area contributed by atoms with Crippen LogP contribution in [0.25, 0.3) is 6.08 Å². The summed E-state index contributed by atoms with van der Waals surface area (Å²) >= 11 is 0. The molecule has 2 nitrogen and oxygen atoms in total. The molecule has 2 aromatic carbocycles. The smallest absolute Gasteiger partial charge is 0.159 e. The maximum absolute atomic E-state index is 12.6. The van der Waals surface area contributed by atoms with Crippen molar-refractivity contribution < 1.29 is 9.53 Å². The Morgan fingerprint density at radius 1 is 1.00 bits per heavy atom. The molecule has 1 aliphatic carbocycles. The van der Waals surface area contributed by atoms with Crippen molar-refractivity contribution in [2.24, 2.45) is 5.92 Å². The first-order valence-corrected chi connectivity index (χ1v) is 7.84. The summed E-state index contributed by atoms with van der Waals surface area (Å²) in [4.78, 5) is 12.6. The van der Waals surface area contributed by atoms with Gasteiger partial charge in [-0.05, 0) is 24.1 Å². The highest BCUT2D eigenvalue weighted by Crippen LogP contribution is 2.47. The Bertz CT molecular complexity index is 730. The second-order valence-corrected chi connectivity index (χ2v) is 6.06. The number of carbonyl (C=O) groups excluding carboxylic acids is 1. The first kappa shape index (κ1) is 13.3. The number of Topliss-reactive ketones (excluding diaryl/α,β-unsaturated/α-hetero) is 1. The van der Waals surface area contributed by atoms with Crippen molar-refractivity contribution in [1.82, 2.24) is 0 Å². The van der Waals surface area contributed by atoms with Gasteiger partial charge in [0.1, 0.15) is 5.75 Å². The molecular formula is C20H18O2. The third-order valence-electron chi connectivity index (χ3n) is 4.70. The van der Waals surface area contributed by atoms with Crippen LogP contribution in [0.15, 0.2) is 60.2 Å². The van der Waals surface area contributed by atoms with Crippen LogP contribution in [0, 0.1) is 5.92 Å². The number of para-hydroxylation sites is 1. The highest BCUT2D eigenvalue weighted by Gasteiger charge is 2.39. The number of benzene rings is 2. The summed E-state index contributed by atoms with van der Waals surface area (Å²) in [6, 6.07) is 18.2. The summed E-state index contributed by atoms with van der Waals surface area (Å²) in [5.74, 6) is 1.79. The number of ketones is 1. The van der Waals surface area contributed by atoms with E-state index in [0.29, 0.717) is 18.9 Å². The Balaban J connectivity index is 1.83. The molecule has 22 heavy (non-hydrogen) atoms. The van der Waals surface area contributed by atoms with E-state index in [1.54, 1.807) is 0 Å². The molecule has 1 saturated carbocycles. The van der Waals surface area contributed by atoms with Crippen LogP contribution in [0.5, 0.6) is 5.75 Å². The summed E-state index contributed by atoms with van der Waals surface area (Å²) in [5.41, 5.74) is 3.20. The van der Waals surface area contributed by atoms with E-state index >= 15 is 0 Å². The second kappa shape index (κ2) is 5.45. The number of fused-ring (bicyclic) bond motifs is 3. The molecule has 2 aromatic rings. The monoisotopic (exact) mass is 290 g/mol. The van der Waals surface area contributed by atoms with Crippen LogP contribution >= 0.6 is 0 Å². The average Bonchev–Trinajstić information content (AvgIpc) is 2.58. The van der Waals surface area contributed by atoms with E-state index in [0.717, 1.165) is 28.9 Å². The maximum atomic E-state index is 12.6. The molecule has 0 N–H and O–H groups in total. The lowest BCUT2D eigenvalue weighted by Gasteiger charge is -2.38. The molecule has 1 aliphatic heterocycles. The zero-order valence-electron chi connectivity index (χ0n) is 12.4. The van der Waals surface area contributed by atoms with E-state index in [2.05, 4.69) is 24.3 Å². The summed E-state index contributed by atoms with van der Waals surface area (Å²) in [5, 5.41) is 0. The van der Waals surface area contributed by atoms with Gasteiger partial charge in [-0.2, -0.15) is 0 Å². The van der Waals surface area contributed by atoms with Gasteiger partial charge in [0.05, 0.1) is 6.61 Å². The van der Waals surface area contributed by atoms with Gasteiger partial charge in [-0.3, -0.25) is 4.79 Å². The normalized spacial score (nSPS) is 25.3. The molecule has 0 saturated heterocycles. The van der Waals surface area contributed by atoms with Crippen LogP contribution in [-0.2, 0) is 4.79 Å². The van der Waals surface area contributed by atoms with E-state index < -0.39 is 0 Å². The van der Waals surface area contributed by atoms with Gasteiger partial charge in [0, 0.05) is 29.4 Å². The Hall–Kier alpha value is -2.35. The summed E-state index contributed by atoms with van der Waals surface area (Å²) in [6.45, 7) is 0.709. The minimum Gasteiger partial charge on any atom is -0.493 e. The predicted molar refractivity (Wildman–Crippen MR) is 86.8 cm³/mol. The van der Waals surface area contributed by atoms with Gasteiger partial charge >= 0.3 is 0 Å². The fourth-order valence-corrected chi connectivity index (χ4v) is 3.62. The number of allylic oxidation sites excluding steroid dienone is 1. The summed E-state index contributed by atoms with van der Waals surface area (Å²) < 4.78 is 5.89. The fraction of sp³-hybridized carbons (Fsp3) is 0.250. The van der Waals surface area contributed by atoms with Gasteiger partial charge in [-0.1, -0.05) is 48.5 Å². The summed E-state index contributed by atoms with van der Waals surface area (Å²) in [6.07, 6.45) is 3.62. The number of carbonyl (C=O) groups is 1. The van der Waals surface area contributed by atoms with Crippen LogP contribution in [0.3, 0.4) is 0 Å². The van der Waals surface area contributed by atoms with E-state index in [9.17, 15) is 4.79 Å². The van der Waals surface area contributed by atoms with Crippen molar-refractivity contribution in [2.45, 2.75) is 18.8 Å². The Morgan fingerprint density at radius 3 is 2.64 bits per heavy atom. The Kier molecular flexibility index (Phi) is 3.30. The standard InChI is InChI=1S/C20H18O2/c21-18-11-10-15-13-22-19-9-5-4-8-16(19)20(15)17(18)12-14-6-2-1-3-7-14/h1-9,12,15,20H,10-11,13H2/b17-12+/t15-,20-/m1/s1. The second-order valence-electron chi connectivity index (χ2n) is 6.06. The third kappa shape index (κ3) is 2.25. The van der Waals surface area contributed by atoms with Crippen LogP contribution < -0.4 is 4.74 Å². The highest BCUT2D eigenvalue weighted by atomic mass is 16.5. The third-order valence-corrected chi connectivity index (χ3v) is 4.70. The Labute approximate surface area is 130 Å². The molecule has 2 atom stereocenters. The molecule has 0 radical (unpaired) electrons. The van der Waals surface area contributed by atoms with Crippen molar-refractivity contribution in [3.05, 3.63) is 71.3 Å². The Morgan fingerprint density at radius 2 is 1.77 bits per heavy atom. The van der Waals surface area contributed by atoms with Gasteiger partial charge in [-0.25, -0.2) is 0 Å². The number of hydrogen-bond acceptors (Lipinski definition) is 2. The zero-order valence-corrected chi connectivity index (χ0v) is 12.4. The quantitative estimate of drug-likeness (QED) is 0.735. The topological polar surface area (TPSA) is 26.3 Å². The highest BCUT2D eigenvalue weighted by molar-refractivity contribution is 6.02. The molecule has 110 valence electrons. The van der Waals surface area contributed by atoms with Crippen molar-refractivity contribution in [1.29, 1.82) is 0 Å². The van der Waals surface area contributed by atoms with Gasteiger partial charge in [0.15, 0.2) is 5.78 Å². The van der Waals surface area contributed by atoms with E-state index in [4.69, 9.17) is 4.74 Å². The van der Waals surface area contributed by atoms with Gasteiger partial charge in [-0.15, -0.1) is 0 Å². The van der Waals surface area contributed by atoms with Crippen molar-refractivity contribution in [2.75, 3.05) is 6.61 Å². The lowest BCUT2D eigenvalue weighted by Crippen LogP contribution is -2.33. The number of hydrogen-bond donors (Lipinski definition) is 0. The molecule has 0 aromatic heterocycles. The largest absolute Gasteiger partial charge is 0.493 e. The molecule has 0 bridgehead atoms. The van der Waals surface area contributed by atoms with Crippen molar-refractivity contribution >= 4 is 11.9 Å². The van der Waals surface area contributed by atoms with E-state index in [1.165, 1.54) is 0 Å². The lowest BCUT2D eigenvalue weighted by molar-refractivity contribution is -0.117. The predicted octanol–water partition coefficient (Wildman–Crippen LogP) is 4.23. The van der Waals surface area contributed by atoms with E-state index in [-0.39, 0.29) is 11.7 Å². The van der Waals surface area contributed by atoms with Gasteiger partial charge in [0.2, 0.25) is 0 Å². The summed E-state index contributed by atoms with van der Waals surface area (Å²) in [7, 11) is 0. The number of ether oxygens (including phenoxy) is 1. The van der Waals surface area contributed by atoms with Crippen LogP contribution in [0.1, 0.15) is 29.9 Å². The molecule has 2 aliphatic rings. The van der Waals surface area contributed by atoms with Crippen molar-refractivity contribution in [3.8, 4) is 5.75 Å². The number of rotatable bonds is 1. The molecule has 4 rings (SSSR count).